The van der Waals surface area contributed by atoms with E-state index in [4.69, 9.17) is 4.74 Å². The predicted molar refractivity (Wildman–Crippen MR) is 103 cm³/mol. The standard InChI is InChI=1S/C21H30O4S/c1-16-10-12-17(13-11-16)19-8-4-5-9-20(19)25-21(22)14-15-26(23,24)18-6-2-3-7-18/h10-13,18-20H,2-9,14-15H2,1H3. The molecule has 0 radical (unpaired) electrons. The maximum absolute atomic E-state index is 12.3. The van der Waals surface area contributed by atoms with Gasteiger partial charge in [-0.1, -0.05) is 49.1 Å². The van der Waals surface area contributed by atoms with Gasteiger partial charge in [0.05, 0.1) is 17.4 Å². The van der Waals surface area contributed by atoms with E-state index in [1.165, 1.54) is 11.1 Å². The van der Waals surface area contributed by atoms with Crippen LogP contribution in [0, 0.1) is 6.92 Å². The molecule has 4 nitrogen and oxygen atoms in total. The molecule has 1 aromatic rings. The minimum Gasteiger partial charge on any atom is -0.462 e. The van der Waals surface area contributed by atoms with Gasteiger partial charge in [0.2, 0.25) is 0 Å². The molecular formula is C21H30O4S. The lowest BCUT2D eigenvalue weighted by molar-refractivity contribution is -0.151. The van der Waals surface area contributed by atoms with E-state index in [2.05, 4.69) is 31.2 Å². The second-order valence-corrected chi connectivity index (χ2v) is 10.3. The number of sulfone groups is 1. The lowest BCUT2D eigenvalue weighted by Crippen LogP contribution is -2.30. The second kappa shape index (κ2) is 8.55. The highest BCUT2D eigenvalue weighted by atomic mass is 32.2. The number of carbonyl (C=O) groups is 1. The third-order valence-corrected chi connectivity index (χ3v) is 8.15. The Morgan fingerprint density at radius 2 is 1.62 bits per heavy atom. The van der Waals surface area contributed by atoms with Crippen molar-refractivity contribution in [2.24, 2.45) is 0 Å². The predicted octanol–water partition coefficient (Wildman–Crippen LogP) is 4.31. The topological polar surface area (TPSA) is 60.4 Å². The lowest BCUT2D eigenvalue weighted by atomic mass is 9.81. The van der Waals surface area contributed by atoms with Crippen molar-refractivity contribution >= 4 is 15.8 Å². The third kappa shape index (κ3) is 4.87. The number of aryl methyl sites for hydroxylation is 1. The first-order valence-electron chi connectivity index (χ1n) is 9.93. The van der Waals surface area contributed by atoms with E-state index in [0.717, 1.165) is 51.4 Å². The van der Waals surface area contributed by atoms with Crippen molar-refractivity contribution in [3.05, 3.63) is 35.4 Å². The van der Waals surface area contributed by atoms with E-state index in [0.29, 0.717) is 0 Å². The molecule has 1 aromatic carbocycles. The van der Waals surface area contributed by atoms with Crippen molar-refractivity contribution in [1.82, 2.24) is 0 Å². The van der Waals surface area contributed by atoms with Crippen LogP contribution in [0.15, 0.2) is 24.3 Å². The minimum atomic E-state index is -3.17. The van der Waals surface area contributed by atoms with E-state index in [9.17, 15) is 13.2 Å². The molecular weight excluding hydrogens is 348 g/mol. The summed E-state index contributed by atoms with van der Waals surface area (Å²) in [7, 11) is -3.17. The van der Waals surface area contributed by atoms with Gasteiger partial charge in [-0.3, -0.25) is 4.79 Å². The summed E-state index contributed by atoms with van der Waals surface area (Å²) in [6.45, 7) is 2.06. The molecule has 2 fully saturated rings. The SMILES string of the molecule is Cc1ccc(C2CCCCC2OC(=O)CCS(=O)(=O)C2CCCC2)cc1. The summed E-state index contributed by atoms with van der Waals surface area (Å²) in [5.74, 6) is -0.214. The van der Waals surface area contributed by atoms with Crippen molar-refractivity contribution in [3.63, 3.8) is 0 Å². The van der Waals surface area contributed by atoms with Gasteiger partial charge in [0.15, 0.2) is 9.84 Å². The number of hydrogen-bond donors (Lipinski definition) is 0. The first kappa shape index (κ1) is 19.4. The molecule has 26 heavy (non-hydrogen) atoms. The average Bonchev–Trinajstić information content (AvgIpc) is 3.17. The van der Waals surface area contributed by atoms with Crippen molar-refractivity contribution < 1.29 is 17.9 Å². The molecule has 3 rings (SSSR count). The Kier molecular flexibility index (Phi) is 6.38. The smallest absolute Gasteiger partial charge is 0.307 e. The molecule has 0 saturated heterocycles. The Balaban J connectivity index is 1.57. The molecule has 144 valence electrons. The Labute approximate surface area is 157 Å². The number of ether oxygens (including phenoxy) is 1. The number of hydrogen-bond acceptors (Lipinski definition) is 4. The van der Waals surface area contributed by atoms with Crippen LogP contribution in [0.25, 0.3) is 0 Å². The third-order valence-electron chi connectivity index (χ3n) is 5.89. The average molecular weight is 379 g/mol. The number of benzene rings is 1. The quantitative estimate of drug-likeness (QED) is 0.692. The fourth-order valence-corrected chi connectivity index (χ4v) is 6.14. The zero-order valence-corrected chi connectivity index (χ0v) is 16.5. The van der Waals surface area contributed by atoms with Crippen molar-refractivity contribution in [2.75, 3.05) is 5.75 Å². The molecule has 0 aliphatic heterocycles. The Morgan fingerprint density at radius 3 is 2.31 bits per heavy atom. The lowest BCUT2D eigenvalue weighted by Gasteiger charge is -2.31. The maximum Gasteiger partial charge on any atom is 0.307 e. The highest BCUT2D eigenvalue weighted by Gasteiger charge is 2.32. The molecule has 0 N–H and O–H groups in total. The Hall–Kier alpha value is -1.36. The fourth-order valence-electron chi connectivity index (χ4n) is 4.30. The summed E-state index contributed by atoms with van der Waals surface area (Å²) in [5.41, 5.74) is 2.43. The van der Waals surface area contributed by atoms with E-state index >= 15 is 0 Å². The van der Waals surface area contributed by atoms with Crippen LogP contribution in [0.5, 0.6) is 0 Å². The van der Waals surface area contributed by atoms with Crippen LogP contribution in [0.3, 0.4) is 0 Å². The van der Waals surface area contributed by atoms with Crippen LogP contribution in [0.1, 0.15) is 74.8 Å². The van der Waals surface area contributed by atoms with Gasteiger partial charge >= 0.3 is 5.97 Å². The van der Waals surface area contributed by atoms with Gasteiger partial charge in [0.25, 0.3) is 0 Å². The fraction of sp³-hybridized carbons (Fsp3) is 0.667. The largest absolute Gasteiger partial charge is 0.462 e. The Bertz CT molecular complexity index is 702. The summed E-state index contributed by atoms with van der Waals surface area (Å²) in [4.78, 5) is 12.3. The maximum atomic E-state index is 12.3. The highest BCUT2D eigenvalue weighted by Crippen LogP contribution is 2.35. The van der Waals surface area contributed by atoms with Crippen molar-refractivity contribution in [2.45, 2.75) is 82.0 Å². The summed E-state index contributed by atoms with van der Waals surface area (Å²) < 4.78 is 30.4. The van der Waals surface area contributed by atoms with Gasteiger partial charge in [0, 0.05) is 5.92 Å². The molecule has 2 aliphatic carbocycles. The van der Waals surface area contributed by atoms with Gasteiger partial charge in [-0.05, 0) is 44.6 Å². The molecule has 5 heteroatoms. The van der Waals surface area contributed by atoms with Crippen molar-refractivity contribution in [1.29, 1.82) is 0 Å². The molecule has 0 aromatic heterocycles. The monoisotopic (exact) mass is 378 g/mol. The van der Waals surface area contributed by atoms with Gasteiger partial charge < -0.3 is 4.74 Å². The normalized spacial score (nSPS) is 24.5. The molecule has 2 saturated carbocycles. The second-order valence-electron chi connectivity index (χ2n) is 7.85. The number of carbonyl (C=O) groups excluding carboxylic acids is 1. The van der Waals surface area contributed by atoms with Crippen LogP contribution in [0.4, 0.5) is 0 Å². The van der Waals surface area contributed by atoms with E-state index in [1.807, 2.05) is 0 Å². The molecule has 0 bridgehead atoms. The van der Waals surface area contributed by atoms with Gasteiger partial charge in [0.1, 0.15) is 6.10 Å². The summed E-state index contributed by atoms with van der Waals surface area (Å²) in [6.07, 6.45) is 7.38. The summed E-state index contributed by atoms with van der Waals surface area (Å²) in [6, 6.07) is 8.43. The molecule has 2 aliphatic rings. The van der Waals surface area contributed by atoms with Gasteiger partial charge in [-0.25, -0.2) is 8.42 Å². The molecule has 0 spiro atoms. The molecule has 2 atom stereocenters. The van der Waals surface area contributed by atoms with E-state index in [-0.39, 0.29) is 35.4 Å². The number of rotatable bonds is 6. The molecule has 0 amide bonds. The number of esters is 1. The molecule has 2 unspecified atom stereocenters. The van der Waals surface area contributed by atoms with E-state index in [1.54, 1.807) is 0 Å². The van der Waals surface area contributed by atoms with Crippen LogP contribution in [-0.4, -0.2) is 31.5 Å². The van der Waals surface area contributed by atoms with Gasteiger partial charge in [-0.15, -0.1) is 0 Å². The first-order valence-corrected chi connectivity index (χ1v) is 11.6. The molecule has 0 heterocycles. The van der Waals surface area contributed by atoms with Gasteiger partial charge in [-0.2, -0.15) is 0 Å². The van der Waals surface area contributed by atoms with Crippen LogP contribution >= 0.6 is 0 Å². The Morgan fingerprint density at radius 1 is 1.00 bits per heavy atom. The zero-order valence-electron chi connectivity index (χ0n) is 15.7. The van der Waals surface area contributed by atoms with Crippen LogP contribution in [-0.2, 0) is 19.4 Å². The highest BCUT2D eigenvalue weighted by molar-refractivity contribution is 7.92. The zero-order chi connectivity index (χ0) is 18.6. The van der Waals surface area contributed by atoms with Crippen molar-refractivity contribution in [3.8, 4) is 0 Å². The van der Waals surface area contributed by atoms with E-state index < -0.39 is 9.84 Å². The first-order chi connectivity index (χ1) is 12.5. The summed E-state index contributed by atoms with van der Waals surface area (Å²) >= 11 is 0. The minimum absolute atomic E-state index is 0.0179. The summed E-state index contributed by atoms with van der Waals surface area (Å²) in [5, 5.41) is -0.245. The van der Waals surface area contributed by atoms with Crippen LogP contribution in [0.2, 0.25) is 0 Å². The van der Waals surface area contributed by atoms with Crippen LogP contribution < -0.4 is 0 Å².